The van der Waals surface area contributed by atoms with E-state index >= 15 is 0 Å². The number of hydrogen-bond acceptors (Lipinski definition) is 10. The summed E-state index contributed by atoms with van der Waals surface area (Å²) in [4.78, 5) is 21.6. The molecule has 4 aromatic carbocycles. The van der Waals surface area contributed by atoms with Crippen LogP contribution in [-0.2, 0) is 22.6 Å². The van der Waals surface area contributed by atoms with Crippen molar-refractivity contribution in [2.24, 2.45) is 0 Å². The zero-order chi connectivity index (χ0) is 32.0. The van der Waals surface area contributed by atoms with Crippen molar-refractivity contribution in [2.75, 3.05) is 5.75 Å². The number of amides is 1. The third kappa shape index (κ3) is 7.21. The highest BCUT2D eigenvalue weighted by Crippen LogP contribution is 2.39. The summed E-state index contributed by atoms with van der Waals surface area (Å²) in [6, 6.07) is 32.8. The molecule has 12 heteroatoms. The molecule has 0 radical (unpaired) electrons. The van der Waals surface area contributed by atoms with Gasteiger partial charge in [-0.15, -0.1) is 5.10 Å². The van der Waals surface area contributed by atoms with Crippen LogP contribution >= 0.6 is 11.8 Å². The van der Waals surface area contributed by atoms with Crippen molar-refractivity contribution < 1.29 is 19.4 Å². The summed E-state index contributed by atoms with van der Waals surface area (Å²) >= 11 is 1.53. The number of fused-ring (bicyclic) bond motifs is 1. The van der Waals surface area contributed by atoms with Gasteiger partial charge in [0.2, 0.25) is 5.16 Å². The van der Waals surface area contributed by atoms with E-state index in [1.54, 1.807) is 4.68 Å². The number of rotatable bonds is 10. The average Bonchev–Trinajstić information content (AvgIpc) is 3.62. The van der Waals surface area contributed by atoms with Crippen LogP contribution in [0.3, 0.4) is 0 Å². The van der Waals surface area contributed by atoms with Gasteiger partial charge in [0.05, 0.1) is 41.7 Å². The molecule has 2 aromatic heterocycles. The molecule has 0 spiro atoms. The topological polar surface area (TPSA) is 137 Å². The summed E-state index contributed by atoms with van der Waals surface area (Å²) in [5.41, 5.74) is 6.20. The summed E-state index contributed by atoms with van der Waals surface area (Å²) in [5, 5.41) is 25.4. The van der Waals surface area contributed by atoms with Gasteiger partial charge in [0.25, 0.3) is 5.91 Å². The Morgan fingerprint density at radius 2 is 1.60 bits per heavy atom. The van der Waals surface area contributed by atoms with Crippen LogP contribution in [0.2, 0.25) is 0 Å². The van der Waals surface area contributed by atoms with Crippen molar-refractivity contribution in [2.45, 2.75) is 43.2 Å². The molecule has 236 valence electrons. The smallest absolute Gasteiger partial charge is 0.271 e. The largest absolute Gasteiger partial charge is 0.392 e. The fourth-order valence-corrected chi connectivity index (χ4v) is 6.23. The SMILES string of the molecule is O=C(NCc1ccc([C@@H]2O[C@H](CSc3nnnn3-c3ccccc3)C[C@H](c3ccc(CO)cc3)O2)cc1)c1cnc2ccccc2n1. The summed E-state index contributed by atoms with van der Waals surface area (Å²) in [6.45, 7) is 0.310. The Bertz CT molecular complexity index is 1960. The minimum absolute atomic E-state index is 0.0185. The van der Waals surface area contributed by atoms with Gasteiger partial charge in [0.15, 0.2) is 6.29 Å². The van der Waals surface area contributed by atoms with Crippen LogP contribution in [0.5, 0.6) is 0 Å². The Morgan fingerprint density at radius 1 is 0.872 bits per heavy atom. The lowest BCUT2D eigenvalue weighted by Gasteiger charge is -2.36. The fraction of sp³-hybridized carbons (Fsp3) is 0.200. The summed E-state index contributed by atoms with van der Waals surface area (Å²) in [6.07, 6.45) is 1.13. The molecular weight excluding hydrogens is 614 g/mol. The van der Waals surface area contributed by atoms with E-state index in [2.05, 4.69) is 30.8 Å². The van der Waals surface area contributed by atoms with Crippen molar-refractivity contribution in [3.05, 3.63) is 137 Å². The summed E-state index contributed by atoms with van der Waals surface area (Å²) in [7, 11) is 0. The maximum absolute atomic E-state index is 12.8. The zero-order valence-corrected chi connectivity index (χ0v) is 26.0. The standard InChI is InChI=1S/C35H31N7O4S/c43-21-24-12-14-25(15-13-24)32-18-28(22-47-35-39-40-41-42(35)27-6-2-1-3-7-27)45-34(46-32)26-16-10-23(11-17-26)19-37-33(44)31-20-36-29-8-4-5-9-30(29)38-31/h1-17,20,28,32,34,43H,18-19,21-22H2,(H,37,44)/t28-,32+,34+/m0/s1. The lowest BCUT2D eigenvalue weighted by molar-refractivity contribution is -0.245. The molecule has 3 atom stereocenters. The van der Waals surface area contributed by atoms with Crippen LogP contribution in [0.1, 0.15) is 51.6 Å². The predicted octanol–water partition coefficient (Wildman–Crippen LogP) is 5.37. The molecule has 0 bridgehead atoms. The first kappa shape index (κ1) is 30.6. The van der Waals surface area contributed by atoms with E-state index in [1.807, 2.05) is 103 Å². The number of thioether (sulfide) groups is 1. The number of tetrazole rings is 1. The van der Waals surface area contributed by atoms with Crippen molar-refractivity contribution in [1.82, 2.24) is 35.5 Å². The zero-order valence-electron chi connectivity index (χ0n) is 25.2. The quantitative estimate of drug-likeness (QED) is 0.187. The second-order valence-corrected chi connectivity index (χ2v) is 12.0. The van der Waals surface area contributed by atoms with Gasteiger partial charge in [-0.25, -0.2) is 4.98 Å². The number of aliphatic hydroxyl groups is 1. The van der Waals surface area contributed by atoms with E-state index in [0.717, 1.165) is 33.5 Å². The van der Waals surface area contributed by atoms with Gasteiger partial charge in [-0.05, 0) is 51.4 Å². The van der Waals surface area contributed by atoms with Crippen LogP contribution in [0.25, 0.3) is 16.7 Å². The normalized spacial score (nSPS) is 17.9. The average molecular weight is 646 g/mol. The number of aliphatic hydroxyl groups excluding tert-OH is 1. The van der Waals surface area contributed by atoms with Gasteiger partial charge in [-0.1, -0.05) is 90.6 Å². The van der Waals surface area contributed by atoms with Gasteiger partial charge in [-0.2, -0.15) is 4.68 Å². The molecule has 1 amide bonds. The molecule has 1 saturated heterocycles. The molecule has 2 N–H and O–H groups in total. The highest BCUT2D eigenvalue weighted by Gasteiger charge is 2.32. The Morgan fingerprint density at radius 3 is 2.38 bits per heavy atom. The lowest BCUT2D eigenvalue weighted by Crippen LogP contribution is -2.31. The van der Waals surface area contributed by atoms with E-state index in [0.29, 0.717) is 29.4 Å². The van der Waals surface area contributed by atoms with E-state index in [9.17, 15) is 9.90 Å². The van der Waals surface area contributed by atoms with Gasteiger partial charge < -0.3 is 19.9 Å². The highest BCUT2D eigenvalue weighted by molar-refractivity contribution is 7.99. The van der Waals surface area contributed by atoms with Gasteiger partial charge in [-0.3, -0.25) is 9.78 Å². The van der Waals surface area contributed by atoms with Crippen LogP contribution in [0, 0.1) is 0 Å². The van der Waals surface area contributed by atoms with Crippen LogP contribution in [0.4, 0.5) is 0 Å². The summed E-state index contributed by atoms with van der Waals surface area (Å²) in [5.74, 6) is 0.319. The Kier molecular flexibility index (Phi) is 9.24. The van der Waals surface area contributed by atoms with Gasteiger partial charge >= 0.3 is 0 Å². The number of hydrogen-bond donors (Lipinski definition) is 2. The molecule has 1 fully saturated rings. The number of nitrogens with zero attached hydrogens (tertiary/aromatic N) is 6. The maximum atomic E-state index is 12.8. The lowest BCUT2D eigenvalue weighted by atomic mass is 10.0. The minimum Gasteiger partial charge on any atom is -0.392 e. The van der Waals surface area contributed by atoms with Crippen molar-refractivity contribution in [1.29, 1.82) is 0 Å². The van der Waals surface area contributed by atoms with Crippen molar-refractivity contribution in [3.8, 4) is 5.69 Å². The molecule has 0 aliphatic carbocycles. The second-order valence-electron chi connectivity index (χ2n) is 11.0. The molecule has 3 heterocycles. The molecule has 11 nitrogen and oxygen atoms in total. The van der Waals surface area contributed by atoms with E-state index in [-0.39, 0.29) is 30.4 Å². The van der Waals surface area contributed by atoms with E-state index in [1.165, 1.54) is 18.0 Å². The first-order valence-corrected chi connectivity index (χ1v) is 16.2. The first-order chi connectivity index (χ1) is 23.1. The first-order valence-electron chi connectivity index (χ1n) is 15.2. The van der Waals surface area contributed by atoms with E-state index in [4.69, 9.17) is 9.47 Å². The Labute approximate surface area is 275 Å². The Balaban J connectivity index is 1.04. The maximum Gasteiger partial charge on any atom is 0.271 e. The second kappa shape index (κ2) is 14.2. The number of nitrogens with one attached hydrogen (secondary N) is 1. The van der Waals surface area contributed by atoms with Crippen LogP contribution in [-0.4, -0.2) is 53.0 Å². The number of carbonyl (C=O) groups is 1. The summed E-state index contributed by atoms with van der Waals surface area (Å²) < 4.78 is 14.7. The minimum atomic E-state index is -0.612. The molecule has 7 rings (SSSR count). The molecule has 1 aliphatic heterocycles. The molecular formula is C35H31N7O4S. The third-order valence-corrected chi connectivity index (χ3v) is 8.89. The number of aromatic nitrogens is 6. The third-order valence-electron chi connectivity index (χ3n) is 7.84. The molecule has 0 unspecified atom stereocenters. The molecule has 0 saturated carbocycles. The highest BCUT2D eigenvalue weighted by atomic mass is 32.2. The van der Waals surface area contributed by atoms with E-state index < -0.39 is 6.29 Å². The molecule has 1 aliphatic rings. The number of para-hydroxylation sites is 3. The number of ether oxygens (including phenoxy) is 2. The number of benzene rings is 4. The molecule has 47 heavy (non-hydrogen) atoms. The predicted molar refractivity (Wildman–Crippen MR) is 175 cm³/mol. The Hall–Kier alpha value is -5.01. The molecule has 6 aromatic rings. The van der Waals surface area contributed by atoms with Gasteiger partial charge in [0.1, 0.15) is 5.69 Å². The fourth-order valence-electron chi connectivity index (χ4n) is 5.32. The van der Waals surface area contributed by atoms with Crippen LogP contribution < -0.4 is 5.32 Å². The monoisotopic (exact) mass is 645 g/mol. The van der Waals surface area contributed by atoms with Crippen molar-refractivity contribution in [3.63, 3.8) is 0 Å². The number of carbonyl (C=O) groups excluding carboxylic acids is 1. The van der Waals surface area contributed by atoms with Crippen LogP contribution in [0.15, 0.2) is 114 Å². The van der Waals surface area contributed by atoms with Gasteiger partial charge in [0, 0.05) is 24.3 Å². The van der Waals surface area contributed by atoms with Crippen molar-refractivity contribution >= 4 is 28.7 Å².